The van der Waals surface area contributed by atoms with E-state index in [9.17, 15) is 5.11 Å². The maximum Gasteiger partial charge on any atom is 0.0691 e. The summed E-state index contributed by atoms with van der Waals surface area (Å²) in [5, 5.41) is 10.2. The minimum atomic E-state index is -0.425. The summed E-state index contributed by atoms with van der Waals surface area (Å²) in [5.74, 6) is 0. The molecule has 0 amide bonds. The van der Waals surface area contributed by atoms with Crippen LogP contribution in [0.4, 0.5) is 0 Å². The molecule has 2 nitrogen and oxygen atoms in total. The van der Waals surface area contributed by atoms with Crippen LogP contribution in [0.5, 0.6) is 0 Å². The number of rotatable bonds is 4. The van der Waals surface area contributed by atoms with Gasteiger partial charge in [0, 0.05) is 11.1 Å². The van der Waals surface area contributed by atoms with Crippen molar-refractivity contribution < 1.29 is 5.11 Å². The number of hydrogen-bond donors (Lipinski definition) is 2. The highest BCUT2D eigenvalue weighted by atomic mass is 35.5. The first kappa shape index (κ1) is 11.5. The van der Waals surface area contributed by atoms with Gasteiger partial charge in [-0.25, -0.2) is 0 Å². The molecule has 0 saturated carbocycles. The molecule has 3 heteroatoms. The number of hydrogen-bond acceptors (Lipinski definition) is 2. The van der Waals surface area contributed by atoms with E-state index in [4.69, 9.17) is 17.3 Å². The molecule has 0 spiro atoms. The van der Waals surface area contributed by atoms with Crippen LogP contribution in [0.25, 0.3) is 0 Å². The summed E-state index contributed by atoms with van der Waals surface area (Å²) in [6, 6.07) is 7.49. The second kappa shape index (κ2) is 5.35. The van der Waals surface area contributed by atoms with E-state index < -0.39 is 6.10 Å². The molecular formula is C11H16ClNO. The molecule has 0 radical (unpaired) electrons. The van der Waals surface area contributed by atoms with Crippen LogP contribution in [0.3, 0.4) is 0 Å². The fourth-order valence-corrected chi connectivity index (χ4v) is 1.35. The van der Waals surface area contributed by atoms with Crippen LogP contribution in [-0.2, 0) is 6.42 Å². The van der Waals surface area contributed by atoms with Crippen molar-refractivity contribution in [1.82, 2.24) is 0 Å². The first-order chi connectivity index (χ1) is 6.59. The Morgan fingerprint density at radius 2 is 1.93 bits per heavy atom. The Balaban J connectivity index is 2.42. The summed E-state index contributed by atoms with van der Waals surface area (Å²) < 4.78 is 0. The molecule has 0 aromatic heterocycles. The highest BCUT2D eigenvalue weighted by Gasteiger charge is 2.08. The fourth-order valence-electron chi connectivity index (χ4n) is 1.23. The van der Waals surface area contributed by atoms with Crippen molar-refractivity contribution in [2.24, 2.45) is 5.73 Å². The van der Waals surface area contributed by atoms with Crippen molar-refractivity contribution in [3.05, 3.63) is 34.9 Å². The van der Waals surface area contributed by atoms with Gasteiger partial charge in [0.25, 0.3) is 0 Å². The predicted octanol–water partition coefficient (Wildman–Crippen LogP) is 1.98. The van der Waals surface area contributed by atoms with Gasteiger partial charge < -0.3 is 10.8 Å². The van der Waals surface area contributed by atoms with Crippen LogP contribution in [0.15, 0.2) is 24.3 Å². The Labute approximate surface area is 89.7 Å². The fraction of sp³-hybridized carbons (Fsp3) is 0.455. The number of aryl methyl sites for hydroxylation is 1. The zero-order valence-electron chi connectivity index (χ0n) is 8.28. The van der Waals surface area contributed by atoms with Crippen molar-refractivity contribution in [2.45, 2.75) is 31.9 Å². The van der Waals surface area contributed by atoms with Crippen LogP contribution >= 0.6 is 11.6 Å². The molecule has 2 unspecified atom stereocenters. The van der Waals surface area contributed by atoms with Gasteiger partial charge in [0.1, 0.15) is 0 Å². The Morgan fingerprint density at radius 1 is 1.36 bits per heavy atom. The third-order valence-electron chi connectivity index (χ3n) is 2.25. The molecule has 0 fully saturated rings. The van der Waals surface area contributed by atoms with Gasteiger partial charge in [-0.15, -0.1) is 0 Å². The standard InChI is InChI=1S/C11H16ClNO/c1-8(13)11(14)7-4-9-2-5-10(12)6-3-9/h2-3,5-6,8,11,14H,4,7,13H2,1H3. The van der Waals surface area contributed by atoms with Gasteiger partial charge in [-0.1, -0.05) is 23.7 Å². The maximum absolute atomic E-state index is 9.49. The molecule has 2 atom stereocenters. The largest absolute Gasteiger partial charge is 0.392 e. The molecule has 1 aromatic carbocycles. The van der Waals surface area contributed by atoms with E-state index in [0.717, 1.165) is 11.4 Å². The summed E-state index contributed by atoms with van der Waals surface area (Å²) >= 11 is 5.76. The normalized spacial score (nSPS) is 15.1. The zero-order chi connectivity index (χ0) is 10.6. The van der Waals surface area contributed by atoms with Gasteiger partial charge in [0.15, 0.2) is 0 Å². The lowest BCUT2D eigenvalue weighted by molar-refractivity contribution is 0.141. The third-order valence-corrected chi connectivity index (χ3v) is 2.50. The van der Waals surface area contributed by atoms with E-state index in [1.165, 1.54) is 5.56 Å². The Hall–Kier alpha value is -0.570. The van der Waals surface area contributed by atoms with Crippen LogP contribution in [-0.4, -0.2) is 17.3 Å². The van der Waals surface area contributed by atoms with Crippen molar-refractivity contribution in [3.63, 3.8) is 0 Å². The van der Waals surface area contributed by atoms with Crippen LogP contribution in [0.1, 0.15) is 18.9 Å². The summed E-state index contributed by atoms with van der Waals surface area (Å²) in [6.45, 7) is 1.81. The van der Waals surface area contributed by atoms with Crippen LogP contribution < -0.4 is 5.73 Å². The van der Waals surface area contributed by atoms with E-state index in [-0.39, 0.29) is 6.04 Å². The number of benzene rings is 1. The second-order valence-corrected chi connectivity index (χ2v) is 4.03. The first-order valence-corrected chi connectivity index (χ1v) is 5.15. The summed E-state index contributed by atoms with van der Waals surface area (Å²) in [7, 11) is 0. The molecule has 0 aliphatic heterocycles. The smallest absolute Gasteiger partial charge is 0.0691 e. The summed E-state index contributed by atoms with van der Waals surface area (Å²) in [4.78, 5) is 0. The molecule has 0 bridgehead atoms. The van der Waals surface area contributed by atoms with E-state index in [0.29, 0.717) is 6.42 Å². The van der Waals surface area contributed by atoms with Crippen molar-refractivity contribution in [1.29, 1.82) is 0 Å². The second-order valence-electron chi connectivity index (χ2n) is 3.59. The van der Waals surface area contributed by atoms with Crippen molar-refractivity contribution >= 4 is 11.6 Å². The van der Waals surface area contributed by atoms with E-state index in [1.807, 2.05) is 31.2 Å². The molecule has 0 saturated heterocycles. The lowest BCUT2D eigenvalue weighted by Crippen LogP contribution is -2.31. The van der Waals surface area contributed by atoms with Gasteiger partial charge in [-0.3, -0.25) is 0 Å². The Morgan fingerprint density at radius 3 is 2.43 bits per heavy atom. The highest BCUT2D eigenvalue weighted by molar-refractivity contribution is 6.30. The third kappa shape index (κ3) is 3.66. The monoisotopic (exact) mass is 213 g/mol. The molecule has 78 valence electrons. The molecule has 0 aliphatic rings. The highest BCUT2D eigenvalue weighted by Crippen LogP contribution is 2.12. The van der Waals surface area contributed by atoms with Gasteiger partial charge >= 0.3 is 0 Å². The molecule has 1 aromatic rings. The average molecular weight is 214 g/mol. The van der Waals surface area contributed by atoms with Crippen molar-refractivity contribution in [2.75, 3.05) is 0 Å². The van der Waals surface area contributed by atoms with E-state index in [1.54, 1.807) is 0 Å². The van der Waals surface area contributed by atoms with Crippen LogP contribution in [0, 0.1) is 0 Å². The predicted molar refractivity (Wildman–Crippen MR) is 59.4 cm³/mol. The van der Waals surface area contributed by atoms with Gasteiger partial charge in [-0.05, 0) is 37.5 Å². The lowest BCUT2D eigenvalue weighted by Gasteiger charge is -2.13. The first-order valence-electron chi connectivity index (χ1n) is 4.77. The maximum atomic E-state index is 9.49. The summed E-state index contributed by atoms with van der Waals surface area (Å²) in [6.07, 6.45) is 1.10. The number of aliphatic hydroxyl groups excluding tert-OH is 1. The Bertz CT molecular complexity index is 271. The number of aliphatic hydroxyl groups is 1. The molecule has 0 heterocycles. The lowest BCUT2D eigenvalue weighted by atomic mass is 10.0. The molecule has 3 N–H and O–H groups in total. The Kier molecular flexibility index (Phi) is 4.39. The van der Waals surface area contributed by atoms with Gasteiger partial charge in [0.2, 0.25) is 0 Å². The molecule has 14 heavy (non-hydrogen) atoms. The van der Waals surface area contributed by atoms with Gasteiger partial charge in [-0.2, -0.15) is 0 Å². The topological polar surface area (TPSA) is 46.2 Å². The van der Waals surface area contributed by atoms with Crippen LogP contribution in [0.2, 0.25) is 5.02 Å². The number of nitrogens with two attached hydrogens (primary N) is 1. The minimum Gasteiger partial charge on any atom is -0.392 e. The zero-order valence-corrected chi connectivity index (χ0v) is 9.04. The molecule has 0 aliphatic carbocycles. The quantitative estimate of drug-likeness (QED) is 0.804. The van der Waals surface area contributed by atoms with E-state index in [2.05, 4.69) is 0 Å². The molecule has 1 rings (SSSR count). The molecular weight excluding hydrogens is 198 g/mol. The van der Waals surface area contributed by atoms with E-state index >= 15 is 0 Å². The number of halogens is 1. The minimum absolute atomic E-state index is 0.165. The van der Waals surface area contributed by atoms with Gasteiger partial charge in [0.05, 0.1) is 6.10 Å². The SMILES string of the molecule is CC(N)C(O)CCc1ccc(Cl)cc1. The summed E-state index contributed by atoms with van der Waals surface area (Å²) in [5.41, 5.74) is 6.73. The van der Waals surface area contributed by atoms with Crippen molar-refractivity contribution in [3.8, 4) is 0 Å². The average Bonchev–Trinajstić information content (AvgIpc) is 2.16.